The van der Waals surface area contributed by atoms with Crippen LogP contribution in [-0.2, 0) is 19.1 Å². The monoisotopic (exact) mass is 242 g/mol. The molecular formula is C13H22O4. The first kappa shape index (κ1) is 14.0. The van der Waals surface area contributed by atoms with Gasteiger partial charge in [0.1, 0.15) is 0 Å². The van der Waals surface area contributed by atoms with Crippen LogP contribution in [0.3, 0.4) is 0 Å². The lowest BCUT2D eigenvalue weighted by Crippen LogP contribution is -2.32. The van der Waals surface area contributed by atoms with E-state index in [-0.39, 0.29) is 23.8 Å². The van der Waals surface area contributed by atoms with E-state index < -0.39 is 0 Å². The van der Waals surface area contributed by atoms with Crippen LogP contribution in [0.1, 0.15) is 46.0 Å². The average molecular weight is 242 g/mol. The molecule has 2 unspecified atom stereocenters. The maximum Gasteiger partial charge on any atom is 0.309 e. The van der Waals surface area contributed by atoms with E-state index >= 15 is 0 Å². The molecule has 4 heteroatoms. The Labute approximate surface area is 103 Å². The molecule has 1 rings (SSSR count). The van der Waals surface area contributed by atoms with Crippen molar-refractivity contribution in [3.05, 3.63) is 0 Å². The van der Waals surface area contributed by atoms with Gasteiger partial charge in [-0.05, 0) is 26.7 Å². The fraction of sp³-hybridized carbons (Fsp3) is 0.846. The molecule has 0 aliphatic heterocycles. The fourth-order valence-corrected chi connectivity index (χ4v) is 2.37. The lowest BCUT2D eigenvalue weighted by molar-refractivity contribution is -0.160. The Morgan fingerprint density at radius 1 is 0.882 bits per heavy atom. The molecule has 0 aromatic heterocycles. The molecule has 1 aliphatic rings. The molecule has 0 aromatic carbocycles. The number of hydrogen-bond acceptors (Lipinski definition) is 4. The van der Waals surface area contributed by atoms with Crippen molar-refractivity contribution in [1.29, 1.82) is 0 Å². The van der Waals surface area contributed by atoms with Crippen LogP contribution in [0.25, 0.3) is 0 Å². The first-order valence-electron chi connectivity index (χ1n) is 6.54. The highest BCUT2D eigenvalue weighted by Crippen LogP contribution is 2.30. The quantitative estimate of drug-likeness (QED) is 0.560. The van der Waals surface area contributed by atoms with E-state index in [0.717, 1.165) is 32.1 Å². The van der Waals surface area contributed by atoms with Crippen LogP contribution in [0.4, 0.5) is 0 Å². The van der Waals surface area contributed by atoms with Crippen molar-refractivity contribution in [2.24, 2.45) is 11.8 Å². The number of carbonyl (C=O) groups is 2. The number of ether oxygens (including phenoxy) is 2. The summed E-state index contributed by atoms with van der Waals surface area (Å²) in [6.07, 6.45) is 4.52. The maximum absolute atomic E-state index is 11.8. The normalized spacial score (nSPS) is 24.8. The Kier molecular flexibility index (Phi) is 6.01. The molecule has 1 fully saturated rings. The Hall–Kier alpha value is -1.06. The van der Waals surface area contributed by atoms with E-state index in [1.807, 2.05) is 0 Å². The average Bonchev–Trinajstić information content (AvgIpc) is 2.54. The maximum atomic E-state index is 11.8. The molecule has 0 N–H and O–H groups in total. The summed E-state index contributed by atoms with van der Waals surface area (Å²) >= 11 is 0. The highest BCUT2D eigenvalue weighted by molar-refractivity contribution is 5.82. The highest BCUT2D eigenvalue weighted by atomic mass is 16.5. The zero-order valence-corrected chi connectivity index (χ0v) is 10.7. The van der Waals surface area contributed by atoms with Gasteiger partial charge in [0.15, 0.2) is 0 Å². The second-order valence-electron chi connectivity index (χ2n) is 4.36. The third-order valence-electron chi connectivity index (χ3n) is 3.19. The van der Waals surface area contributed by atoms with Gasteiger partial charge in [0.2, 0.25) is 0 Å². The fourth-order valence-electron chi connectivity index (χ4n) is 2.37. The van der Waals surface area contributed by atoms with Crippen molar-refractivity contribution < 1.29 is 19.1 Å². The van der Waals surface area contributed by atoms with Gasteiger partial charge in [-0.3, -0.25) is 9.59 Å². The molecular weight excluding hydrogens is 220 g/mol. The topological polar surface area (TPSA) is 52.6 Å². The van der Waals surface area contributed by atoms with Crippen LogP contribution in [0.5, 0.6) is 0 Å². The molecule has 0 aromatic rings. The summed E-state index contributed by atoms with van der Waals surface area (Å²) in [5.41, 5.74) is 0. The minimum Gasteiger partial charge on any atom is -0.466 e. The molecule has 0 amide bonds. The van der Waals surface area contributed by atoms with Crippen molar-refractivity contribution in [2.75, 3.05) is 13.2 Å². The van der Waals surface area contributed by atoms with E-state index in [1.54, 1.807) is 13.8 Å². The molecule has 2 atom stereocenters. The summed E-state index contributed by atoms with van der Waals surface area (Å²) in [6.45, 7) is 4.30. The number of esters is 2. The number of carbonyl (C=O) groups excluding carboxylic acids is 2. The van der Waals surface area contributed by atoms with Crippen LogP contribution in [0.15, 0.2) is 0 Å². The van der Waals surface area contributed by atoms with Gasteiger partial charge in [0, 0.05) is 0 Å². The Morgan fingerprint density at radius 2 is 1.29 bits per heavy atom. The second kappa shape index (κ2) is 7.30. The summed E-state index contributed by atoms with van der Waals surface area (Å²) in [7, 11) is 0. The molecule has 0 spiro atoms. The first-order chi connectivity index (χ1) is 8.20. The van der Waals surface area contributed by atoms with E-state index in [9.17, 15) is 9.59 Å². The van der Waals surface area contributed by atoms with Gasteiger partial charge in [-0.2, -0.15) is 0 Å². The summed E-state index contributed by atoms with van der Waals surface area (Å²) < 4.78 is 10.1. The van der Waals surface area contributed by atoms with E-state index in [0.29, 0.717) is 13.2 Å². The van der Waals surface area contributed by atoms with Crippen LogP contribution in [0, 0.1) is 11.8 Å². The summed E-state index contributed by atoms with van der Waals surface area (Å²) in [6, 6.07) is 0. The SMILES string of the molecule is CCOC(=O)C1CCCCCC1C(=O)OCC. The smallest absolute Gasteiger partial charge is 0.309 e. The molecule has 17 heavy (non-hydrogen) atoms. The van der Waals surface area contributed by atoms with Gasteiger partial charge in [0.25, 0.3) is 0 Å². The Bertz CT molecular complexity index is 236. The van der Waals surface area contributed by atoms with E-state index in [1.165, 1.54) is 0 Å². The van der Waals surface area contributed by atoms with Gasteiger partial charge >= 0.3 is 11.9 Å². The van der Waals surface area contributed by atoms with E-state index in [2.05, 4.69) is 0 Å². The largest absolute Gasteiger partial charge is 0.466 e. The van der Waals surface area contributed by atoms with Gasteiger partial charge < -0.3 is 9.47 Å². The minimum atomic E-state index is -0.309. The predicted molar refractivity (Wildman–Crippen MR) is 63.3 cm³/mol. The third-order valence-corrected chi connectivity index (χ3v) is 3.19. The Balaban J connectivity index is 2.71. The van der Waals surface area contributed by atoms with E-state index in [4.69, 9.17) is 9.47 Å². The minimum absolute atomic E-state index is 0.243. The third kappa shape index (κ3) is 4.02. The standard InChI is InChI=1S/C13H22O4/c1-3-16-12(14)10-8-6-5-7-9-11(10)13(15)17-4-2/h10-11H,3-9H2,1-2H3. The van der Waals surface area contributed by atoms with Gasteiger partial charge in [0.05, 0.1) is 25.0 Å². The second-order valence-corrected chi connectivity index (χ2v) is 4.36. The molecule has 98 valence electrons. The molecule has 0 bridgehead atoms. The van der Waals surface area contributed by atoms with Crippen molar-refractivity contribution in [3.63, 3.8) is 0 Å². The van der Waals surface area contributed by atoms with Crippen LogP contribution >= 0.6 is 0 Å². The van der Waals surface area contributed by atoms with Crippen LogP contribution in [-0.4, -0.2) is 25.2 Å². The summed E-state index contributed by atoms with van der Waals surface area (Å²) in [5.74, 6) is -1.10. The Morgan fingerprint density at radius 3 is 1.65 bits per heavy atom. The molecule has 0 saturated heterocycles. The highest BCUT2D eigenvalue weighted by Gasteiger charge is 2.36. The van der Waals surface area contributed by atoms with Gasteiger partial charge in [-0.1, -0.05) is 19.3 Å². The molecule has 0 heterocycles. The van der Waals surface area contributed by atoms with Crippen molar-refractivity contribution in [3.8, 4) is 0 Å². The predicted octanol–water partition coefficient (Wildman–Crippen LogP) is 2.31. The first-order valence-corrected chi connectivity index (χ1v) is 6.54. The molecule has 1 saturated carbocycles. The van der Waals surface area contributed by atoms with Crippen LogP contribution in [0.2, 0.25) is 0 Å². The van der Waals surface area contributed by atoms with Gasteiger partial charge in [-0.15, -0.1) is 0 Å². The molecule has 4 nitrogen and oxygen atoms in total. The van der Waals surface area contributed by atoms with Crippen molar-refractivity contribution in [2.45, 2.75) is 46.0 Å². The zero-order valence-electron chi connectivity index (χ0n) is 10.7. The van der Waals surface area contributed by atoms with Gasteiger partial charge in [-0.25, -0.2) is 0 Å². The van der Waals surface area contributed by atoms with Crippen molar-refractivity contribution in [1.82, 2.24) is 0 Å². The zero-order chi connectivity index (χ0) is 12.7. The lowest BCUT2D eigenvalue weighted by atomic mass is 9.88. The summed E-state index contributed by atoms with van der Waals surface area (Å²) in [5, 5.41) is 0. The lowest BCUT2D eigenvalue weighted by Gasteiger charge is -2.21. The number of rotatable bonds is 4. The number of hydrogen-bond donors (Lipinski definition) is 0. The molecule has 1 aliphatic carbocycles. The van der Waals surface area contributed by atoms with Crippen molar-refractivity contribution >= 4 is 11.9 Å². The van der Waals surface area contributed by atoms with Crippen LogP contribution < -0.4 is 0 Å². The summed E-state index contributed by atoms with van der Waals surface area (Å²) in [4.78, 5) is 23.7. The molecule has 0 radical (unpaired) electrons.